The Bertz CT molecular complexity index is 1530. The van der Waals surface area contributed by atoms with Crippen LogP contribution < -0.4 is 5.32 Å². The van der Waals surface area contributed by atoms with Crippen LogP contribution >= 0.6 is 34.5 Å². The minimum atomic E-state index is -0.716. The predicted molar refractivity (Wildman–Crippen MR) is 142 cm³/mol. The quantitative estimate of drug-likeness (QED) is 0.354. The van der Waals surface area contributed by atoms with Gasteiger partial charge in [-0.25, -0.2) is 9.97 Å². The van der Waals surface area contributed by atoms with Crippen molar-refractivity contribution in [1.29, 1.82) is 0 Å². The number of nitrogens with one attached hydrogen (secondary N) is 1. The number of hydrogen-bond donors (Lipinski definition) is 2. The second-order valence-corrected chi connectivity index (χ2v) is 10.9. The van der Waals surface area contributed by atoms with Crippen LogP contribution in [0.25, 0.3) is 10.6 Å². The molecule has 6 rings (SSSR count). The fraction of sp³-hybridized carbons (Fsp3) is 0.280. The summed E-state index contributed by atoms with van der Waals surface area (Å²) >= 11 is 14.6. The van der Waals surface area contributed by atoms with Crippen molar-refractivity contribution in [2.45, 2.75) is 18.5 Å². The van der Waals surface area contributed by atoms with Crippen LogP contribution in [0.1, 0.15) is 32.5 Å². The molecule has 2 N–H and O–H groups in total. The molecule has 1 saturated heterocycles. The monoisotopic (exact) mass is 556 g/mol. The van der Waals surface area contributed by atoms with Crippen LogP contribution in [0.3, 0.4) is 0 Å². The zero-order chi connectivity index (χ0) is 25.9. The van der Waals surface area contributed by atoms with Gasteiger partial charge in [0.1, 0.15) is 11.4 Å². The molecule has 0 bridgehead atoms. The zero-order valence-electron chi connectivity index (χ0n) is 19.9. The molecule has 5 heterocycles. The molecule has 1 fully saturated rings. The lowest BCUT2D eigenvalue weighted by Crippen LogP contribution is -2.58. The van der Waals surface area contributed by atoms with Gasteiger partial charge in [0.15, 0.2) is 0 Å². The van der Waals surface area contributed by atoms with E-state index in [1.807, 2.05) is 32.2 Å². The fourth-order valence-electron chi connectivity index (χ4n) is 4.93. The molecule has 2 aliphatic rings. The zero-order valence-corrected chi connectivity index (χ0v) is 22.2. The molecule has 0 saturated carbocycles. The van der Waals surface area contributed by atoms with E-state index >= 15 is 0 Å². The number of carbonyl (C=O) groups excluding carboxylic acids is 1. The molecule has 0 radical (unpaired) electrons. The van der Waals surface area contributed by atoms with Crippen molar-refractivity contribution in [2.75, 3.05) is 25.1 Å². The number of hydrogen-bond acceptors (Lipinski definition) is 8. The standard InChI is InChI=1S/C25H22Cl2N6O3S/c1-13-8-16(30-24(29-13)31-18-6-7-28-32(18)2)21-20(27)19-22(37-21)25(11-36-12-25)33(23(19)35)17(10-34)14-4-3-5-15(26)9-14/h3-9,17,34H,10-12H2,1-2H3,(H,29,30,31)/t17-/m1/s1. The first-order chi connectivity index (χ1) is 17.8. The normalized spacial score (nSPS) is 16.7. The number of thiophene rings is 1. The molecular formula is C25H22Cl2N6O3S. The Kier molecular flexibility index (Phi) is 5.96. The highest BCUT2D eigenvalue weighted by molar-refractivity contribution is 7.17. The van der Waals surface area contributed by atoms with Crippen LogP contribution in [0.15, 0.2) is 42.6 Å². The highest BCUT2D eigenvalue weighted by Gasteiger charge is 2.59. The maximum Gasteiger partial charge on any atom is 0.258 e. The molecule has 0 unspecified atom stereocenters. The van der Waals surface area contributed by atoms with Gasteiger partial charge in [-0.1, -0.05) is 35.3 Å². The van der Waals surface area contributed by atoms with Crippen LogP contribution in [0, 0.1) is 6.92 Å². The van der Waals surface area contributed by atoms with Gasteiger partial charge in [0.05, 0.1) is 58.1 Å². The Balaban J connectivity index is 1.41. The number of amides is 1. The summed E-state index contributed by atoms with van der Waals surface area (Å²) in [5.74, 6) is 0.895. The number of halogens is 2. The Morgan fingerprint density at radius 3 is 2.70 bits per heavy atom. The average molecular weight is 557 g/mol. The Labute approximate surface area is 226 Å². The van der Waals surface area contributed by atoms with Gasteiger partial charge < -0.3 is 20.1 Å². The van der Waals surface area contributed by atoms with Crippen LogP contribution in [0.4, 0.5) is 11.8 Å². The molecule has 0 aliphatic carbocycles. The third-order valence-corrected chi connectivity index (χ3v) is 8.84. The molecule has 1 aromatic carbocycles. The van der Waals surface area contributed by atoms with Crippen LogP contribution in [-0.4, -0.2) is 55.5 Å². The first-order valence-electron chi connectivity index (χ1n) is 11.5. The Hall–Kier alpha value is -3.02. The highest BCUT2D eigenvalue weighted by atomic mass is 35.5. The van der Waals surface area contributed by atoms with Crippen molar-refractivity contribution in [3.63, 3.8) is 0 Å². The molecular weight excluding hydrogens is 535 g/mol. The lowest BCUT2D eigenvalue weighted by molar-refractivity contribution is -0.139. The van der Waals surface area contributed by atoms with Gasteiger partial charge in [-0.2, -0.15) is 5.10 Å². The number of ether oxygens (including phenoxy) is 1. The van der Waals surface area contributed by atoms with E-state index in [9.17, 15) is 9.90 Å². The summed E-state index contributed by atoms with van der Waals surface area (Å²) in [5.41, 5.74) is 1.83. The molecule has 190 valence electrons. The number of anilines is 2. The van der Waals surface area contributed by atoms with Crippen molar-refractivity contribution in [3.8, 4) is 10.6 Å². The van der Waals surface area contributed by atoms with E-state index in [2.05, 4.69) is 20.4 Å². The van der Waals surface area contributed by atoms with Crippen LogP contribution in [-0.2, 0) is 17.3 Å². The molecule has 1 atom stereocenters. The van der Waals surface area contributed by atoms with E-state index < -0.39 is 11.6 Å². The first-order valence-corrected chi connectivity index (χ1v) is 13.1. The van der Waals surface area contributed by atoms with Gasteiger partial charge >= 0.3 is 0 Å². The second-order valence-electron chi connectivity index (χ2n) is 9.09. The van der Waals surface area contributed by atoms with Gasteiger partial charge in [-0.05, 0) is 30.7 Å². The smallest absolute Gasteiger partial charge is 0.258 e. The third-order valence-electron chi connectivity index (χ3n) is 6.71. The summed E-state index contributed by atoms with van der Waals surface area (Å²) in [5, 5.41) is 18.6. The molecule has 9 nitrogen and oxygen atoms in total. The van der Waals surface area contributed by atoms with Crippen molar-refractivity contribution in [3.05, 3.63) is 74.3 Å². The summed E-state index contributed by atoms with van der Waals surface area (Å²) < 4.78 is 7.31. The summed E-state index contributed by atoms with van der Waals surface area (Å²) in [4.78, 5) is 26.3. The second kappa shape index (κ2) is 9.07. The number of aliphatic hydroxyl groups is 1. The van der Waals surface area contributed by atoms with Crippen molar-refractivity contribution < 1.29 is 14.6 Å². The van der Waals surface area contributed by atoms with E-state index in [0.29, 0.717) is 45.3 Å². The Morgan fingerprint density at radius 2 is 2.05 bits per heavy atom. The number of aliphatic hydroxyl groups excluding tert-OH is 1. The van der Waals surface area contributed by atoms with Crippen molar-refractivity contribution >= 4 is 52.2 Å². The highest BCUT2D eigenvalue weighted by Crippen LogP contribution is 2.56. The first kappa shape index (κ1) is 24.3. The molecule has 1 spiro atoms. The largest absolute Gasteiger partial charge is 0.394 e. The van der Waals surface area contributed by atoms with Gasteiger partial charge in [0.2, 0.25) is 5.95 Å². The minimum absolute atomic E-state index is 0.246. The third kappa shape index (κ3) is 3.82. The van der Waals surface area contributed by atoms with E-state index in [1.165, 1.54) is 11.3 Å². The number of nitrogens with zero attached hydrogens (tertiary/aromatic N) is 5. The lowest BCUT2D eigenvalue weighted by Gasteiger charge is -2.48. The molecule has 1 amide bonds. The summed E-state index contributed by atoms with van der Waals surface area (Å²) in [6.07, 6.45) is 1.68. The number of aryl methyl sites for hydroxylation is 2. The molecule has 2 aliphatic heterocycles. The molecule has 3 aromatic heterocycles. The number of carbonyl (C=O) groups is 1. The van der Waals surface area contributed by atoms with E-state index in [-0.39, 0.29) is 12.5 Å². The predicted octanol–water partition coefficient (Wildman–Crippen LogP) is 4.71. The molecule has 37 heavy (non-hydrogen) atoms. The van der Waals surface area contributed by atoms with E-state index in [4.69, 9.17) is 27.9 Å². The summed E-state index contributed by atoms with van der Waals surface area (Å²) in [7, 11) is 1.82. The summed E-state index contributed by atoms with van der Waals surface area (Å²) in [6, 6.07) is 10.3. The van der Waals surface area contributed by atoms with Crippen molar-refractivity contribution in [2.24, 2.45) is 7.05 Å². The van der Waals surface area contributed by atoms with Gasteiger partial charge in [-0.3, -0.25) is 9.48 Å². The number of aromatic nitrogens is 4. The number of fused-ring (bicyclic) bond motifs is 2. The lowest BCUT2D eigenvalue weighted by atomic mass is 9.92. The van der Waals surface area contributed by atoms with Gasteiger partial charge in [0, 0.05) is 23.8 Å². The van der Waals surface area contributed by atoms with E-state index in [0.717, 1.165) is 22.0 Å². The average Bonchev–Trinajstić information content (AvgIpc) is 3.47. The summed E-state index contributed by atoms with van der Waals surface area (Å²) in [6.45, 7) is 2.24. The van der Waals surface area contributed by atoms with Crippen LogP contribution in [0.2, 0.25) is 10.0 Å². The minimum Gasteiger partial charge on any atom is -0.394 e. The maximum atomic E-state index is 13.9. The van der Waals surface area contributed by atoms with Gasteiger partial charge in [0.25, 0.3) is 5.91 Å². The Morgan fingerprint density at radius 1 is 1.24 bits per heavy atom. The number of rotatable bonds is 6. The SMILES string of the molecule is Cc1cc(-c2sc3c(c2Cl)C(=O)N([C@H](CO)c2cccc(Cl)c2)C32COC2)nc(Nc2ccnn2C)n1. The van der Waals surface area contributed by atoms with E-state index in [1.54, 1.807) is 34.0 Å². The molecule has 4 aromatic rings. The molecule has 12 heteroatoms. The fourth-order valence-corrected chi connectivity index (χ4v) is 6.87. The van der Waals surface area contributed by atoms with Crippen LogP contribution in [0.5, 0.6) is 0 Å². The van der Waals surface area contributed by atoms with Gasteiger partial charge in [-0.15, -0.1) is 11.3 Å². The maximum absolute atomic E-state index is 13.9. The number of benzene rings is 1. The van der Waals surface area contributed by atoms with Crippen molar-refractivity contribution in [1.82, 2.24) is 24.6 Å². The topological polar surface area (TPSA) is 105 Å².